The first kappa shape index (κ1) is 15.3. The summed E-state index contributed by atoms with van der Waals surface area (Å²) in [6.45, 7) is 3.94. The standard InChI is InChI=1S/C17H17NO5/c1-11(2)22-16-14(18(19)20)9-8-13-10-21-17(23-15(13)16)12-6-4-3-5-7-12/h3-9,11,17H,10H2,1-2H3. The molecule has 23 heavy (non-hydrogen) atoms. The first-order valence-electron chi connectivity index (χ1n) is 7.36. The highest BCUT2D eigenvalue weighted by atomic mass is 16.7. The molecule has 6 heteroatoms. The molecule has 0 fully saturated rings. The third-order valence-electron chi connectivity index (χ3n) is 3.41. The van der Waals surface area contributed by atoms with Crippen molar-refractivity contribution in [1.82, 2.24) is 0 Å². The lowest BCUT2D eigenvalue weighted by Gasteiger charge is -2.28. The van der Waals surface area contributed by atoms with Crippen molar-refractivity contribution in [3.63, 3.8) is 0 Å². The molecule has 0 N–H and O–H groups in total. The zero-order valence-electron chi connectivity index (χ0n) is 12.9. The second-order valence-corrected chi connectivity index (χ2v) is 5.50. The van der Waals surface area contributed by atoms with E-state index in [1.54, 1.807) is 6.07 Å². The molecule has 1 aliphatic rings. The van der Waals surface area contributed by atoms with Gasteiger partial charge in [0.15, 0.2) is 5.75 Å². The number of nitrogens with zero attached hydrogens (tertiary/aromatic N) is 1. The average Bonchev–Trinajstić information content (AvgIpc) is 2.55. The third kappa shape index (κ3) is 3.12. The van der Waals surface area contributed by atoms with E-state index in [9.17, 15) is 10.1 Å². The fourth-order valence-corrected chi connectivity index (χ4v) is 2.41. The van der Waals surface area contributed by atoms with E-state index in [0.29, 0.717) is 12.4 Å². The van der Waals surface area contributed by atoms with Crippen LogP contribution in [-0.2, 0) is 11.3 Å². The lowest BCUT2D eigenvalue weighted by Crippen LogP contribution is -2.20. The Morgan fingerprint density at radius 2 is 1.96 bits per heavy atom. The monoisotopic (exact) mass is 315 g/mol. The highest BCUT2D eigenvalue weighted by Crippen LogP contribution is 2.45. The van der Waals surface area contributed by atoms with Gasteiger partial charge in [0.1, 0.15) is 0 Å². The minimum atomic E-state index is -0.611. The van der Waals surface area contributed by atoms with Crippen molar-refractivity contribution in [3.05, 3.63) is 63.7 Å². The smallest absolute Gasteiger partial charge is 0.314 e. The van der Waals surface area contributed by atoms with Crippen molar-refractivity contribution in [2.75, 3.05) is 0 Å². The molecule has 6 nitrogen and oxygen atoms in total. The van der Waals surface area contributed by atoms with Crippen LogP contribution in [0, 0.1) is 10.1 Å². The average molecular weight is 315 g/mol. The summed E-state index contributed by atoms with van der Waals surface area (Å²) in [6, 6.07) is 12.5. The van der Waals surface area contributed by atoms with Gasteiger partial charge in [-0.05, 0) is 19.9 Å². The summed E-state index contributed by atoms with van der Waals surface area (Å²) in [5.41, 5.74) is 1.48. The van der Waals surface area contributed by atoms with Gasteiger partial charge in [0.05, 0.1) is 17.6 Å². The second-order valence-electron chi connectivity index (χ2n) is 5.50. The van der Waals surface area contributed by atoms with Gasteiger partial charge < -0.3 is 14.2 Å². The minimum Gasteiger partial charge on any atom is -0.482 e. The van der Waals surface area contributed by atoms with Gasteiger partial charge in [0, 0.05) is 17.2 Å². The summed E-state index contributed by atoms with van der Waals surface area (Å²) in [5, 5.41) is 11.3. The Balaban J connectivity index is 2.02. The van der Waals surface area contributed by atoms with E-state index in [-0.39, 0.29) is 17.5 Å². The van der Waals surface area contributed by atoms with Crippen LogP contribution in [0.15, 0.2) is 42.5 Å². The quantitative estimate of drug-likeness (QED) is 0.630. The summed E-state index contributed by atoms with van der Waals surface area (Å²) < 4.78 is 17.3. The molecule has 1 aliphatic heterocycles. The van der Waals surface area contributed by atoms with Crippen molar-refractivity contribution in [3.8, 4) is 11.5 Å². The van der Waals surface area contributed by atoms with Crippen LogP contribution in [-0.4, -0.2) is 11.0 Å². The molecule has 0 aromatic heterocycles. The van der Waals surface area contributed by atoms with E-state index in [4.69, 9.17) is 14.2 Å². The Hall–Kier alpha value is -2.60. The lowest BCUT2D eigenvalue weighted by molar-refractivity contribution is -0.386. The highest BCUT2D eigenvalue weighted by molar-refractivity contribution is 5.60. The predicted octanol–water partition coefficient (Wildman–Crippen LogP) is 3.99. The van der Waals surface area contributed by atoms with E-state index in [0.717, 1.165) is 11.1 Å². The van der Waals surface area contributed by atoms with Crippen molar-refractivity contribution in [1.29, 1.82) is 0 Å². The molecule has 1 unspecified atom stereocenters. The van der Waals surface area contributed by atoms with E-state index < -0.39 is 11.2 Å². The molecule has 0 radical (unpaired) electrons. The number of ether oxygens (including phenoxy) is 3. The third-order valence-corrected chi connectivity index (χ3v) is 3.41. The number of benzene rings is 2. The van der Waals surface area contributed by atoms with Crippen LogP contribution in [0.25, 0.3) is 0 Å². The Bertz CT molecular complexity index is 714. The fraction of sp³-hybridized carbons (Fsp3) is 0.294. The first-order chi connectivity index (χ1) is 11.1. The molecule has 2 aromatic carbocycles. The molecule has 0 spiro atoms. The molecule has 0 saturated carbocycles. The molecular weight excluding hydrogens is 298 g/mol. The largest absolute Gasteiger partial charge is 0.482 e. The van der Waals surface area contributed by atoms with E-state index in [2.05, 4.69) is 0 Å². The number of hydrogen-bond acceptors (Lipinski definition) is 5. The molecule has 3 rings (SSSR count). The van der Waals surface area contributed by atoms with Crippen LogP contribution >= 0.6 is 0 Å². The number of fused-ring (bicyclic) bond motifs is 1. The Labute approximate surface area is 133 Å². The van der Waals surface area contributed by atoms with Crippen molar-refractivity contribution < 1.29 is 19.1 Å². The first-order valence-corrected chi connectivity index (χ1v) is 7.36. The van der Waals surface area contributed by atoms with Crippen LogP contribution in [0.2, 0.25) is 0 Å². The molecule has 120 valence electrons. The molecule has 1 atom stereocenters. The minimum absolute atomic E-state index is 0.105. The maximum absolute atomic E-state index is 11.3. The Morgan fingerprint density at radius 1 is 1.22 bits per heavy atom. The van der Waals surface area contributed by atoms with Crippen molar-refractivity contribution in [2.24, 2.45) is 0 Å². The summed E-state index contributed by atoms with van der Waals surface area (Å²) >= 11 is 0. The van der Waals surface area contributed by atoms with Crippen LogP contribution in [0.3, 0.4) is 0 Å². The van der Waals surface area contributed by atoms with Gasteiger partial charge >= 0.3 is 5.69 Å². The Kier molecular flexibility index (Phi) is 4.16. The zero-order chi connectivity index (χ0) is 16.4. The van der Waals surface area contributed by atoms with Gasteiger partial charge in [-0.15, -0.1) is 0 Å². The highest BCUT2D eigenvalue weighted by Gasteiger charge is 2.30. The lowest BCUT2D eigenvalue weighted by atomic mass is 10.1. The van der Waals surface area contributed by atoms with Gasteiger partial charge in [-0.2, -0.15) is 0 Å². The van der Waals surface area contributed by atoms with E-state index in [1.165, 1.54) is 6.07 Å². The summed E-state index contributed by atoms with van der Waals surface area (Å²) in [7, 11) is 0. The van der Waals surface area contributed by atoms with E-state index in [1.807, 2.05) is 44.2 Å². The summed E-state index contributed by atoms with van der Waals surface area (Å²) in [6.07, 6.45) is -0.818. The van der Waals surface area contributed by atoms with Crippen LogP contribution in [0.1, 0.15) is 31.3 Å². The van der Waals surface area contributed by atoms with Gasteiger partial charge in [0.25, 0.3) is 0 Å². The van der Waals surface area contributed by atoms with Gasteiger partial charge in [-0.3, -0.25) is 10.1 Å². The summed E-state index contributed by atoms with van der Waals surface area (Å²) in [5.74, 6) is 0.541. The van der Waals surface area contributed by atoms with Crippen molar-refractivity contribution in [2.45, 2.75) is 32.8 Å². The Morgan fingerprint density at radius 3 is 2.61 bits per heavy atom. The number of nitro benzene ring substituents is 1. The molecule has 2 aromatic rings. The van der Waals surface area contributed by atoms with E-state index >= 15 is 0 Å². The van der Waals surface area contributed by atoms with Crippen LogP contribution in [0.4, 0.5) is 5.69 Å². The predicted molar refractivity (Wildman–Crippen MR) is 83.5 cm³/mol. The number of nitro groups is 1. The molecular formula is C17H17NO5. The second kappa shape index (κ2) is 6.26. The molecule has 0 bridgehead atoms. The number of hydrogen-bond donors (Lipinski definition) is 0. The van der Waals surface area contributed by atoms with Crippen LogP contribution < -0.4 is 9.47 Å². The SMILES string of the molecule is CC(C)Oc1c([N+](=O)[O-])ccc2c1OC(c1ccccc1)OC2. The maximum Gasteiger partial charge on any atom is 0.314 e. The van der Waals surface area contributed by atoms with Crippen LogP contribution in [0.5, 0.6) is 11.5 Å². The maximum atomic E-state index is 11.3. The molecule has 0 aliphatic carbocycles. The molecule has 0 amide bonds. The molecule has 1 heterocycles. The topological polar surface area (TPSA) is 70.8 Å². The van der Waals surface area contributed by atoms with Crippen molar-refractivity contribution >= 4 is 5.69 Å². The van der Waals surface area contributed by atoms with Gasteiger partial charge in [0.2, 0.25) is 12.0 Å². The number of rotatable bonds is 4. The van der Waals surface area contributed by atoms with Gasteiger partial charge in [-0.1, -0.05) is 30.3 Å². The summed E-state index contributed by atoms with van der Waals surface area (Å²) in [4.78, 5) is 10.8. The fourth-order valence-electron chi connectivity index (χ4n) is 2.41. The molecule has 0 saturated heterocycles. The normalized spacial score (nSPS) is 16.6. The van der Waals surface area contributed by atoms with Gasteiger partial charge in [-0.25, -0.2) is 0 Å². The zero-order valence-corrected chi connectivity index (χ0v) is 12.9.